The van der Waals surface area contributed by atoms with Gasteiger partial charge in [-0.2, -0.15) is 0 Å². The molecule has 0 fully saturated rings. The highest BCUT2D eigenvalue weighted by Crippen LogP contribution is 2.31. The van der Waals surface area contributed by atoms with E-state index in [-0.39, 0.29) is 10.8 Å². The Balaban J connectivity index is 2.46. The molecule has 5 heteroatoms. The molecule has 0 amide bonds. The Kier molecular flexibility index (Phi) is 5.31. The molecule has 2 rings (SSSR count). The summed E-state index contributed by atoms with van der Waals surface area (Å²) in [6.07, 6.45) is 0.937. The summed E-state index contributed by atoms with van der Waals surface area (Å²) in [7, 11) is -2.25. The number of sulfonamides is 1. The van der Waals surface area contributed by atoms with Crippen LogP contribution in [0.5, 0.6) is 5.75 Å². The van der Waals surface area contributed by atoms with E-state index in [1.807, 2.05) is 31.2 Å². The van der Waals surface area contributed by atoms with Crippen molar-refractivity contribution < 1.29 is 13.2 Å². The highest BCUT2D eigenvalue weighted by molar-refractivity contribution is 7.92. The number of nitrogens with one attached hydrogen (secondary N) is 1. The van der Waals surface area contributed by atoms with Crippen molar-refractivity contribution in [3.8, 4) is 5.75 Å². The number of methoxy groups -OCH3 is 1. The molecule has 1 N–H and O–H groups in total. The molecule has 0 heterocycles. The fraction of sp³-hybridized carbons (Fsp3) is 0.333. The molecule has 124 valence electrons. The fourth-order valence-electron chi connectivity index (χ4n) is 2.43. The van der Waals surface area contributed by atoms with Crippen LogP contribution in [0.15, 0.2) is 47.4 Å². The van der Waals surface area contributed by atoms with E-state index in [2.05, 4.69) is 18.6 Å². The monoisotopic (exact) mass is 333 g/mol. The van der Waals surface area contributed by atoms with Gasteiger partial charge in [-0.05, 0) is 48.6 Å². The molecule has 0 aliphatic rings. The van der Waals surface area contributed by atoms with Crippen LogP contribution in [-0.4, -0.2) is 15.5 Å². The predicted molar refractivity (Wildman–Crippen MR) is 93.7 cm³/mol. The molecule has 0 bridgehead atoms. The number of para-hydroxylation sites is 1. The van der Waals surface area contributed by atoms with Gasteiger partial charge in [-0.25, -0.2) is 8.42 Å². The van der Waals surface area contributed by atoms with Crippen molar-refractivity contribution in [1.82, 2.24) is 0 Å². The van der Waals surface area contributed by atoms with Crippen LogP contribution in [0.25, 0.3) is 0 Å². The third-order valence-electron chi connectivity index (χ3n) is 3.96. The van der Waals surface area contributed by atoms with E-state index >= 15 is 0 Å². The summed E-state index contributed by atoms with van der Waals surface area (Å²) >= 11 is 0. The van der Waals surface area contributed by atoms with Gasteiger partial charge in [0.05, 0.1) is 12.8 Å². The first-order valence-electron chi connectivity index (χ1n) is 7.65. The maximum Gasteiger partial charge on any atom is 0.265 e. The largest absolute Gasteiger partial charge is 0.495 e. The third kappa shape index (κ3) is 3.85. The molecule has 0 saturated heterocycles. The van der Waals surface area contributed by atoms with Crippen LogP contribution in [0.1, 0.15) is 37.3 Å². The Morgan fingerprint density at radius 1 is 1.17 bits per heavy atom. The second kappa shape index (κ2) is 7.04. The highest BCUT2D eigenvalue weighted by Gasteiger charge is 2.21. The quantitative estimate of drug-likeness (QED) is 0.856. The Hall–Kier alpha value is -2.01. The van der Waals surface area contributed by atoms with Crippen molar-refractivity contribution >= 4 is 15.7 Å². The van der Waals surface area contributed by atoms with Crippen molar-refractivity contribution in [3.05, 3.63) is 53.6 Å². The number of hydrogen-bond donors (Lipinski definition) is 1. The van der Waals surface area contributed by atoms with Crippen LogP contribution in [0, 0.1) is 6.92 Å². The van der Waals surface area contributed by atoms with Crippen LogP contribution >= 0.6 is 0 Å². The molecule has 0 aliphatic carbocycles. The van der Waals surface area contributed by atoms with Gasteiger partial charge in [0.25, 0.3) is 10.0 Å². The number of aryl methyl sites for hydroxylation is 1. The van der Waals surface area contributed by atoms with E-state index in [0.29, 0.717) is 11.4 Å². The summed E-state index contributed by atoms with van der Waals surface area (Å²) in [4.78, 5) is 0.152. The molecule has 2 aromatic carbocycles. The Bertz CT molecular complexity index is 785. The number of anilines is 1. The van der Waals surface area contributed by atoms with Crippen molar-refractivity contribution in [1.29, 1.82) is 0 Å². The lowest BCUT2D eigenvalue weighted by molar-refractivity contribution is 0.402. The van der Waals surface area contributed by atoms with Crippen LogP contribution in [0.3, 0.4) is 0 Å². The van der Waals surface area contributed by atoms with E-state index in [9.17, 15) is 8.42 Å². The smallest absolute Gasteiger partial charge is 0.265 e. The minimum absolute atomic E-state index is 0.152. The van der Waals surface area contributed by atoms with E-state index in [1.165, 1.54) is 7.11 Å². The summed E-state index contributed by atoms with van der Waals surface area (Å²) in [5.41, 5.74) is 2.47. The van der Waals surface area contributed by atoms with Gasteiger partial charge >= 0.3 is 0 Å². The maximum absolute atomic E-state index is 12.8. The van der Waals surface area contributed by atoms with Crippen molar-refractivity contribution in [2.75, 3.05) is 11.8 Å². The van der Waals surface area contributed by atoms with Gasteiger partial charge in [0.2, 0.25) is 0 Å². The first-order chi connectivity index (χ1) is 10.9. The summed E-state index contributed by atoms with van der Waals surface area (Å²) in [5, 5.41) is 0. The Morgan fingerprint density at radius 2 is 1.87 bits per heavy atom. The number of ether oxygens (including phenoxy) is 1. The molecule has 0 aliphatic heterocycles. The summed E-state index contributed by atoms with van der Waals surface area (Å²) in [6.45, 7) is 6.02. The van der Waals surface area contributed by atoms with Gasteiger partial charge in [0.1, 0.15) is 10.6 Å². The van der Waals surface area contributed by atoms with E-state index < -0.39 is 10.0 Å². The minimum Gasteiger partial charge on any atom is -0.495 e. The normalized spacial score (nSPS) is 12.7. The molecular weight excluding hydrogens is 310 g/mol. The number of hydrogen-bond acceptors (Lipinski definition) is 3. The fourth-order valence-corrected chi connectivity index (χ4v) is 3.78. The molecule has 23 heavy (non-hydrogen) atoms. The average Bonchev–Trinajstić information content (AvgIpc) is 2.54. The second-order valence-corrected chi connectivity index (χ2v) is 7.31. The standard InChI is InChI=1S/C18H23NO3S/c1-5-14(3)15-8-6-7-9-16(15)19-23(20,21)18-12-13(2)10-11-17(18)22-4/h6-12,14,19H,5H2,1-4H3/t14-/m1/s1. The van der Waals surface area contributed by atoms with Crippen LogP contribution < -0.4 is 9.46 Å². The maximum atomic E-state index is 12.8. The topological polar surface area (TPSA) is 55.4 Å². The molecule has 2 aromatic rings. The van der Waals surface area contributed by atoms with Crippen molar-refractivity contribution in [3.63, 3.8) is 0 Å². The van der Waals surface area contributed by atoms with Gasteiger partial charge in [0.15, 0.2) is 0 Å². The second-order valence-electron chi connectivity index (χ2n) is 5.66. The lowest BCUT2D eigenvalue weighted by Gasteiger charge is -2.17. The molecule has 0 aromatic heterocycles. The zero-order chi connectivity index (χ0) is 17.0. The molecule has 0 unspecified atom stereocenters. The van der Waals surface area contributed by atoms with E-state index in [0.717, 1.165) is 17.5 Å². The molecular formula is C18H23NO3S. The summed E-state index contributed by atoms with van der Waals surface area (Å²) in [5.74, 6) is 0.609. The molecule has 0 radical (unpaired) electrons. The third-order valence-corrected chi connectivity index (χ3v) is 5.34. The Morgan fingerprint density at radius 3 is 2.52 bits per heavy atom. The zero-order valence-corrected chi connectivity index (χ0v) is 14.8. The Labute approximate surface area is 138 Å². The van der Waals surface area contributed by atoms with Gasteiger partial charge in [0, 0.05) is 0 Å². The average molecular weight is 333 g/mol. The summed E-state index contributed by atoms with van der Waals surface area (Å²) in [6, 6.07) is 12.6. The van der Waals surface area contributed by atoms with Crippen LogP contribution in [0.2, 0.25) is 0 Å². The molecule has 0 saturated carbocycles. The van der Waals surface area contributed by atoms with Gasteiger partial charge in [-0.15, -0.1) is 0 Å². The van der Waals surface area contributed by atoms with Gasteiger partial charge in [-0.3, -0.25) is 4.72 Å². The first kappa shape index (κ1) is 17.3. The van der Waals surface area contributed by atoms with Crippen LogP contribution in [0.4, 0.5) is 5.69 Å². The lowest BCUT2D eigenvalue weighted by atomic mass is 9.97. The predicted octanol–water partition coefficient (Wildman–Crippen LogP) is 4.32. The first-order valence-corrected chi connectivity index (χ1v) is 9.13. The molecule has 4 nitrogen and oxygen atoms in total. The van der Waals surface area contributed by atoms with Crippen molar-refractivity contribution in [2.45, 2.75) is 38.0 Å². The summed E-state index contributed by atoms with van der Waals surface area (Å²) < 4.78 is 33.5. The zero-order valence-electron chi connectivity index (χ0n) is 14.0. The highest BCUT2D eigenvalue weighted by atomic mass is 32.2. The van der Waals surface area contributed by atoms with Gasteiger partial charge < -0.3 is 4.74 Å². The number of benzene rings is 2. The molecule has 0 spiro atoms. The molecule has 1 atom stereocenters. The minimum atomic E-state index is -3.72. The SMILES string of the molecule is CC[C@@H](C)c1ccccc1NS(=O)(=O)c1cc(C)ccc1OC. The van der Waals surface area contributed by atoms with Gasteiger partial charge in [-0.1, -0.05) is 38.1 Å². The number of rotatable bonds is 6. The lowest BCUT2D eigenvalue weighted by Crippen LogP contribution is -2.16. The van der Waals surface area contributed by atoms with Crippen LogP contribution in [-0.2, 0) is 10.0 Å². The van der Waals surface area contributed by atoms with E-state index in [1.54, 1.807) is 18.2 Å². The van der Waals surface area contributed by atoms with E-state index in [4.69, 9.17) is 4.74 Å². The van der Waals surface area contributed by atoms with Crippen molar-refractivity contribution in [2.24, 2.45) is 0 Å².